The van der Waals surface area contributed by atoms with Gasteiger partial charge in [0.15, 0.2) is 5.65 Å². The van der Waals surface area contributed by atoms with Crippen LogP contribution in [0.1, 0.15) is 11.3 Å². The molecule has 2 aromatic carbocycles. The third kappa shape index (κ3) is 3.22. The number of methoxy groups -OCH3 is 1. The fourth-order valence-electron chi connectivity index (χ4n) is 3.29. The smallest absolute Gasteiger partial charge is 0.165 e. The van der Waals surface area contributed by atoms with Crippen molar-refractivity contribution in [3.05, 3.63) is 84.7 Å². The number of allylic oxidation sites excluding steroid dienone is 1. The minimum absolute atomic E-state index is 0.702. The van der Waals surface area contributed by atoms with Crippen molar-refractivity contribution < 1.29 is 4.74 Å². The highest BCUT2D eigenvalue weighted by Gasteiger charge is 2.17. The molecule has 0 saturated heterocycles. The Balaban J connectivity index is 1.87. The van der Waals surface area contributed by atoms with Crippen molar-refractivity contribution in [1.29, 1.82) is 0 Å². The monoisotopic (exact) mass is 370 g/mol. The molecule has 0 spiro atoms. The molecule has 4 aromatic rings. The minimum Gasteiger partial charge on any atom is -0.497 e. The summed E-state index contributed by atoms with van der Waals surface area (Å²) in [6, 6.07) is 18.0. The molecule has 0 fully saturated rings. The molecule has 0 bridgehead atoms. The average Bonchev–Trinajstić information content (AvgIpc) is 3.15. The third-order valence-electron chi connectivity index (χ3n) is 4.74. The molecule has 0 radical (unpaired) electrons. The van der Waals surface area contributed by atoms with Crippen LogP contribution >= 0.6 is 0 Å². The second-order valence-corrected chi connectivity index (χ2v) is 6.53. The molecular weight excluding hydrogens is 348 g/mol. The van der Waals surface area contributed by atoms with Gasteiger partial charge in [-0.2, -0.15) is 9.61 Å². The number of ether oxygens (including phenoxy) is 1. The van der Waals surface area contributed by atoms with Gasteiger partial charge < -0.3 is 10.1 Å². The first-order valence-electron chi connectivity index (χ1n) is 9.16. The summed E-state index contributed by atoms with van der Waals surface area (Å²) < 4.78 is 7.13. The van der Waals surface area contributed by atoms with Crippen molar-refractivity contribution >= 4 is 17.2 Å². The van der Waals surface area contributed by atoms with E-state index in [9.17, 15) is 0 Å². The fourth-order valence-corrected chi connectivity index (χ4v) is 3.29. The van der Waals surface area contributed by atoms with Gasteiger partial charge in [-0.25, -0.2) is 4.98 Å². The summed E-state index contributed by atoms with van der Waals surface area (Å²) in [6.07, 6.45) is 4.46. The van der Waals surface area contributed by atoms with Crippen molar-refractivity contribution in [1.82, 2.24) is 14.6 Å². The van der Waals surface area contributed by atoms with Crippen molar-refractivity contribution in [3.63, 3.8) is 0 Å². The van der Waals surface area contributed by atoms with Gasteiger partial charge in [-0.05, 0) is 43.2 Å². The molecule has 0 aliphatic heterocycles. The summed E-state index contributed by atoms with van der Waals surface area (Å²) in [5.41, 5.74) is 5.91. The number of aromatic nitrogens is 3. The first-order valence-corrected chi connectivity index (χ1v) is 9.16. The topological polar surface area (TPSA) is 51.5 Å². The van der Waals surface area contributed by atoms with Gasteiger partial charge in [-0.15, -0.1) is 6.58 Å². The number of hydrogen-bond acceptors (Lipinski definition) is 4. The zero-order chi connectivity index (χ0) is 19.5. The molecule has 140 valence electrons. The Morgan fingerprint density at radius 2 is 1.86 bits per heavy atom. The minimum atomic E-state index is 0.702. The summed E-state index contributed by atoms with van der Waals surface area (Å²) in [5, 5.41) is 8.16. The van der Waals surface area contributed by atoms with Crippen LogP contribution in [0.15, 0.2) is 73.4 Å². The molecule has 0 aliphatic carbocycles. The van der Waals surface area contributed by atoms with E-state index in [4.69, 9.17) is 9.72 Å². The molecule has 0 saturated carbocycles. The Kier molecular flexibility index (Phi) is 4.81. The summed E-state index contributed by atoms with van der Waals surface area (Å²) >= 11 is 0. The van der Waals surface area contributed by atoms with Crippen LogP contribution in [-0.2, 0) is 6.42 Å². The number of nitrogens with one attached hydrogen (secondary N) is 1. The van der Waals surface area contributed by atoms with Crippen molar-refractivity contribution in [2.24, 2.45) is 0 Å². The van der Waals surface area contributed by atoms with E-state index in [1.54, 1.807) is 7.11 Å². The molecule has 0 unspecified atom stereocenters. The highest BCUT2D eigenvalue weighted by atomic mass is 16.5. The van der Waals surface area contributed by atoms with Crippen LogP contribution in [0.2, 0.25) is 0 Å². The molecule has 0 aliphatic rings. The van der Waals surface area contributed by atoms with Crippen LogP contribution in [-0.4, -0.2) is 21.7 Å². The van der Waals surface area contributed by atoms with E-state index in [0.29, 0.717) is 6.42 Å². The largest absolute Gasteiger partial charge is 0.497 e. The van der Waals surface area contributed by atoms with Gasteiger partial charge in [0.05, 0.1) is 13.3 Å². The zero-order valence-corrected chi connectivity index (χ0v) is 16.0. The van der Waals surface area contributed by atoms with Gasteiger partial charge in [0.1, 0.15) is 11.6 Å². The van der Waals surface area contributed by atoms with Gasteiger partial charge in [-0.3, -0.25) is 0 Å². The lowest BCUT2D eigenvalue weighted by atomic mass is 10.1. The lowest BCUT2D eigenvalue weighted by Gasteiger charge is -2.15. The number of rotatable bonds is 6. The van der Waals surface area contributed by atoms with Crippen LogP contribution in [0.25, 0.3) is 16.8 Å². The number of fused-ring (bicyclic) bond motifs is 1. The zero-order valence-electron chi connectivity index (χ0n) is 16.0. The lowest BCUT2D eigenvalue weighted by molar-refractivity contribution is 0.415. The normalized spacial score (nSPS) is 10.8. The van der Waals surface area contributed by atoms with Crippen molar-refractivity contribution in [2.75, 3.05) is 12.4 Å². The van der Waals surface area contributed by atoms with E-state index < -0.39 is 0 Å². The Morgan fingerprint density at radius 1 is 1.11 bits per heavy atom. The molecular formula is C23H22N4O. The van der Waals surface area contributed by atoms with Crippen LogP contribution in [0.4, 0.5) is 11.5 Å². The predicted molar refractivity (Wildman–Crippen MR) is 113 cm³/mol. The van der Waals surface area contributed by atoms with Gasteiger partial charge in [0.25, 0.3) is 0 Å². The Bertz CT molecular complexity index is 1120. The van der Waals surface area contributed by atoms with Gasteiger partial charge >= 0.3 is 0 Å². The van der Waals surface area contributed by atoms with Crippen LogP contribution < -0.4 is 10.1 Å². The SMILES string of the molecule is C=CCc1c(C)nc2c(-c3ccccc3)cnn2c1Nc1ccc(OC)cc1. The van der Waals surface area contributed by atoms with E-state index >= 15 is 0 Å². The van der Waals surface area contributed by atoms with E-state index in [1.807, 2.05) is 66.2 Å². The maximum atomic E-state index is 5.25. The van der Waals surface area contributed by atoms with Gasteiger partial charge in [0.2, 0.25) is 0 Å². The molecule has 28 heavy (non-hydrogen) atoms. The average molecular weight is 370 g/mol. The van der Waals surface area contributed by atoms with Gasteiger partial charge in [-0.1, -0.05) is 36.4 Å². The van der Waals surface area contributed by atoms with Crippen molar-refractivity contribution in [3.8, 4) is 16.9 Å². The maximum absolute atomic E-state index is 5.25. The number of aryl methyl sites for hydroxylation is 1. The Hall–Kier alpha value is -3.60. The van der Waals surface area contributed by atoms with E-state index in [2.05, 4.69) is 29.1 Å². The quantitative estimate of drug-likeness (QED) is 0.475. The third-order valence-corrected chi connectivity index (χ3v) is 4.74. The molecule has 0 atom stereocenters. The van der Waals surface area contributed by atoms with E-state index in [1.165, 1.54) is 0 Å². The van der Waals surface area contributed by atoms with Gasteiger partial charge in [0, 0.05) is 22.5 Å². The summed E-state index contributed by atoms with van der Waals surface area (Å²) in [7, 11) is 1.66. The number of hydrogen-bond donors (Lipinski definition) is 1. The van der Waals surface area contributed by atoms with Crippen LogP contribution in [0, 0.1) is 6.92 Å². The molecule has 4 rings (SSSR count). The van der Waals surface area contributed by atoms with Crippen LogP contribution in [0.3, 0.4) is 0 Å². The number of benzene rings is 2. The molecule has 0 amide bonds. The van der Waals surface area contributed by atoms with Crippen LogP contribution in [0.5, 0.6) is 5.75 Å². The Labute approximate surface area is 164 Å². The molecule has 2 heterocycles. The lowest BCUT2D eigenvalue weighted by Crippen LogP contribution is -2.08. The molecule has 1 N–H and O–H groups in total. The Morgan fingerprint density at radius 3 is 2.54 bits per heavy atom. The highest BCUT2D eigenvalue weighted by Crippen LogP contribution is 2.30. The number of anilines is 2. The highest BCUT2D eigenvalue weighted by molar-refractivity contribution is 5.79. The second kappa shape index (κ2) is 7.56. The molecule has 5 nitrogen and oxygen atoms in total. The first-order chi connectivity index (χ1) is 13.7. The summed E-state index contributed by atoms with van der Waals surface area (Å²) in [4.78, 5) is 4.85. The molecule has 2 aromatic heterocycles. The second-order valence-electron chi connectivity index (χ2n) is 6.53. The molecule has 5 heteroatoms. The predicted octanol–water partition coefficient (Wildman–Crippen LogP) is 5.19. The maximum Gasteiger partial charge on any atom is 0.165 e. The fraction of sp³-hybridized carbons (Fsp3) is 0.130. The summed E-state index contributed by atoms with van der Waals surface area (Å²) in [5.74, 6) is 1.72. The van der Waals surface area contributed by atoms with Crippen molar-refractivity contribution in [2.45, 2.75) is 13.3 Å². The first kappa shape index (κ1) is 17.8. The number of nitrogens with zero attached hydrogens (tertiary/aromatic N) is 3. The standard InChI is InChI=1S/C23H22N4O/c1-4-8-20-16(2)25-23-21(17-9-6-5-7-10-17)15-24-27(23)22(20)26-18-11-13-19(28-3)14-12-18/h4-7,9-15,26H,1,8H2,2-3H3. The van der Waals surface area contributed by atoms with E-state index in [0.717, 1.165) is 45.3 Å². The summed E-state index contributed by atoms with van der Waals surface area (Å²) in [6.45, 7) is 5.93. The van der Waals surface area contributed by atoms with E-state index in [-0.39, 0.29) is 0 Å².